The molecule has 0 heterocycles. The molecule has 0 N–H and O–H groups in total. The van der Waals surface area contributed by atoms with Crippen LogP contribution in [0.4, 0.5) is 0 Å². The van der Waals surface area contributed by atoms with Gasteiger partial charge in [-0.05, 0) is 13.8 Å². The zero-order chi connectivity index (χ0) is 8.91. The van der Waals surface area contributed by atoms with Crippen LogP contribution in [0.25, 0.3) is 0 Å². The Morgan fingerprint density at radius 1 is 1.45 bits per heavy atom. The van der Waals surface area contributed by atoms with Crippen LogP contribution in [-0.4, -0.2) is 15.1 Å². The largest absolute Gasteiger partial charge is 0.119 e. The van der Waals surface area contributed by atoms with E-state index >= 15 is 0 Å². The Hall–Kier alpha value is 0.904. The van der Waals surface area contributed by atoms with Gasteiger partial charge in [-0.2, -0.15) is 0 Å². The number of hydrogen-bond acceptors (Lipinski definition) is 0. The summed E-state index contributed by atoms with van der Waals surface area (Å²) in [6, 6.07) is 3.04. The van der Waals surface area contributed by atoms with Gasteiger partial charge in [0.25, 0.3) is 0 Å². The Bertz CT molecular complexity index is 132. The lowest BCUT2D eigenvalue weighted by Crippen LogP contribution is -2.14. The summed E-state index contributed by atoms with van der Waals surface area (Å²) in [5.41, 5.74) is 3.25. The van der Waals surface area contributed by atoms with Gasteiger partial charge in [-0.1, -0.05) is 30.8 Å². The number of hydrogen-bond donors (Lipinski definition) is 0. The van der Waals surface area contributed by atoms with Crippen LogP contribution >= 0.6 is 21.8 Å². The molecule has 0 rings (SSSR count). The van der Waals surface area contributed by atoms with Crippen LogP contribution in [-0.2, 0) is 0 Å². The molecular formula is C8H19ISi2. The first-order valence-corrected chi connectivity index (χ1v) is 12.4. The van der Waals surface area contributed by atoms with E-state index in [2.05, 4.69) is 54.4 Å². The summed E-state index contributed by atoms with van der Waals surface area (Å²) in [4.78, 5) is 0. The van der Waals surface area contributed by atoms with E-state index in [0.29, 0.717) is 0 Å². The third kappa shape index (κ3) is 10.9. The maximum absolute atomic E-state index is 2.67. The van der Waals surface area contributed by atoms with Gasteiger partial charge in [-0.15, -0.1) is 27.5 Å². The molecule has 0 atom stereocenters. The van der Waals surface area contributed by atoms with E-state index in [0.717, 1.165) is 0 Å². The standard InChI is InChI=1S/C8H19ISi2/c1-8(2)7-10-5-6-11(3,4)9/h7H,5-6,10H2,1-4H3. The zero-order valence-electron chi connectivity index (χ0n) is 8.08. The second-order valence-electron chi connectivity index (χ2n) is 3.89. The van der Waals surface area contributed by atoms with Crippen LogP contribution in [0.2, 0.25) is 25.2 Å². The molecule has 0 aromatic carbocycles. The van der Waals surface area contributed by atoms with Crippen molar-refractivity contribution < 1.29 is 0 Å². The van der Waals surface area contributed by atoms with Crippen LogP contribution in [0.1, 0.15) is 13.8 Å². The first-order chi connectivity index (χ1) is 4.92. The highest BCUT2D eigenvalue weighted by Gasteiger charge is 2.13. The monoisotopic (exact) mass is 298 g/mol. The van der Waals surface area contributed by atoms with E-state index < -0.39 is 5.57 Å². The average molecular weight is 298 g/mol. The lowest BCUT2D eigenvalue weighted by atomic mass is 10.4. The molecule has 0 saturated carbocycles. The predicted molar refractivity (Wildman–Crippen MR) is 69.1 cm³/mol. The molecule has 0 bridgehead atoms. The predicted octanol–water partition coefficient (Wildman–Crippen LogP) is 3.14. The topological polar surface area (TPSA) is 0 Å². The summed E-state index contributed by atoms with van der Waals surface area (Å²) >= 11 is 2.67. The fraction of sp³-hybridized carbons (Fsp3) is 0.750. The lowest BCUT2D eigenvalue weighted by molar-refractivity contribution is 1.36. The summed E-state index contributed by atoms with van der Waals surface area (Å²) in [5.74, 6) is 0. The van der Waals surface area contributed by atoms with E-state index in [-0.39, 0.29) is 9.52 Å². The van der Waals surface area contributed by atoms with Crippen molar-refractivity contribution in [1.29, 1.82) is 0 Å². The minimum atomic E-state index is -0.754. The Labute approximate surface area is 86.9 Å². The van der Waals surface area contributed by atoms with Crippen LogP contribution in [0.15, 0.2) is 11.3 Å². The van der Waals surface area contributed by atoms with E-state index in [1.165, 1.54) is 17.7 Å². The van der Waals surface area contributed by atoms with Crippen LogP contribution < -0.4 is 0 Å². The first kappa shape index (κ1) is 11.9. The molecule has 0 saturated heterocycles. The third-order valence-corrected chi connectivity index (χ3v) is 7.26. The molecule has 11 heavy (non-hydrogen) atoms. The van der Waals surface area contributed by atoms with Crippen molar-refractivity contribution in [2.24, 2.45) is 0 Å². The Morgan fingerprint density at radius 3 is 2.36 bits per heavy atom. The highest BCUT2D eigenvalue weighted by atomic mass is 127. The molecule has 0 nitrogen and oxygen atoms in total. The summed E-state index contributed by atoms with van der Waals surface area (Å²) in [7, 11) is 0.152. The second kappa shape index (κ2) is 5.53. The molecule has 0 aliphatic rings. The van der Waals surface area contributed by atoms with Crippen molar-refractivity contribution in [3.8, 4) is 0 Å². The summed E-state index contributed by atoms with van der Waals surface area (Å²) in [5, 5.41) is 0. The SMILES string of the molecule is CC(C)=C[SiH2]CC[Si](C)(C)I. The minimum absolute atomic E-state index is 0.152. The fourth-order valence-corrected chi connectivity index (χ4v) is 9.31. The van der Waals surface area contributed by atoms with Crippen molar-refractivity contribution in [1.82, 2.24) is 0 Å². The molecule has 0 radical (unpaired) electrons. The molecule has 0 aliphatic carbocycles. The van der Waals surface area contributed by atoms with E-state index in [1.807, 2.05) is 0 Å². The van der Waals surface area contributed by atoms with Crippen molar-refractivity contribution in [2.75, 3.05) is 0 Å². The van der Waals surface area contributed by atoms with E-state index in [1.54, 1.807) is 0 Å². The van der Waals surface area contributed by atoms with Crippen molar-refractivity contribution in [3.05, 3.63) is 11.3 Å². The Kier molecular flexibility index (Phi) is 5.99. The number of rotatable bonds is 4. The molecule has 0 amide bonds. The third-order valence-electron chi connectivity index (χ3n) is 1.53. The molecule has 0 aliphatic heterocycles. The normalized spacial score (nSPS) is 12.5. The molecule has 0 fully saturated rings. The summed E-state index contributed by atoms with van der Waals surface area (Å²) in [6.45, 7) is 9.31. The molecular weight excluding hydrogens is 279 g/mol. The van der Waals surface area contributed by atoms with Gasteiger partial charge in [0.15, 0.2) is 0 Å². The van der Waals surface area contributed by atoms with Gasteiger partial charge in [0.05, 0.1) is 0 Å². The smallest absolute Gasteiger partial charge is 0.119 e. The maximum Gasteiger partial charge on any atom is 0.119 e. The van der Waals surface area contributed by atoms with Gasteiger partial charge in [0.1, 0.15) is 5.57 Å². The maximum atomic E-state index is 2.67. The van der Waals surface area contributed by atoms with Crippen molar-refractivity contribution in [2.45, 2.75) is 39.0 Å². The van der Waals surface area contributed by atoms with E-state index in [9.17, 15) is 0 Å². The van der Waals surface area contributed by atoms with Gasteiger partial charge >= 0.3 is 0 Å². The Morgan fingerprint density at radius 2 is 2.00 bits per heavy atom. The first-order valence-electron chi connectivity index (χ1n) is 4.24. The highest BCUT2D eigenvalue weighted by molar-refractivity contribution is 14.1. The average Bonchev–Trinajstić information content (AvgIpc) is 1.78. The van der Waals surface area contributed by atoms with Gasteiger partial charge in [-0.3, -0.25) is 0 Å². The van der Waals surface area contributed by atoms with Gasteiger partial charge in [0, 0.05) is 9.52 Å². The van der Waals surface area contributed by atoms with Gasteiger partial charge < -0.3 is 0 Å². The van der Waals surface area contributed by atoms with Gasteiger partial charge in [-0.25, -0.2) is 0 Å². The van der Waals surface area contributed by atoms with Crippen LogP contribution in [0, 0.1) is 0 Å². The van der Waals surface area contributed by atoms with Crippen molar-refractivity contribution >= 4 is 36.9 Å². The quantitative estimate of drug-likeness (QED) is 0.324. The summed E-state index contributed by atoms with van der Waals surface area (Å²) < 4.78 is 0. The molecule has 0 spiro atoms. The highest BCUT2D eigenvalue weighted by Crippen LogP contribution is 2.19. The van der Waals surface area contributed by atoms with E-state index in [4.69, 9.17) is 0 Å². The fourth-order valence-electron chi connectivity index (χ4n) is 0.913. The molecule has 3 heteroatoms. The molecule has 0 unspecified atom stereocenters. The molecule has 0 aromatic rings. The molecule has 0 aromatic heterocycles. The van der Waals surface area contributed by atoms with Crippen molar-refractivity contribution in [3.63, 3.8) is 0 Å². The number of halogens is 1. The zero-order valence-corrected chi connectivity index (χ0v) is 12.6. The summed E-state index contributed by atoms with van der Waals surface area (Å²) in [6.07, 6.45) is 0. The Balaban J connectivity index is 3.36. The number of allylic oxidation sites excluding steroid dienone is 1. The van der Waals surface area contributed by atoms with Crippen LogP contribution in [0.3, 0.4) is 0 Å². The van der Waals surface area contributed by atoms with Gasteiger partial charge in [0.2, 0.25) is 0 Å². The second-order valence-corrected chi connectivity index (χ2v) is 18.3. The van der Waals surface area contributed by atoms with Crippen LogP contribution in [0.5, 0.6) is 0 Å². The molecule has 66 valence electrons. The lowest BCUT2D eigenvalue weighted by Gasteiger charge is -2.11. The minimum Gasteiger partial charge on any atom is -0.119 e.